The van der Waals surface area contributed by atoms with Gasteiger partial charge in [0.05, 0.1) is 11.9 Å². The highest BCUT2D eigenvalue weighted by atomic mass is 79.9. The number of benzene rings is 2. The fourth-order valence-corrected chi connectivity index (χ4v) is 2.34. The zero-order valence-electron chi connectivity index (χ0n) is 9.66. The molecule has 0 radical (unpaired) electrons. The molecule has 0 N–H and O–H groups in total. The van der Waals surface area contributed by atoms with Gasteiger partial charge in [-0.15, -0.1) is 0 Å². The van der Waals surface area contributed by atoms with Crippen molar-refractivity contribution in [3.63, 3.8) is 0 Å². The molecule has 0 spiro atoms. The van der Waals surface area contributed by atoms with Crippen molar-refractivity contribution in [1.29, 1.82) is 0 Å². The van der Waals surface area contributed by atoms with Crippen LogP contribution < -0.4 is 4.74 Å². The molecule has 0 aromatic heterocycles. The van der Waals surface area contributed by atoms with Gasteiger partial charge in [-0.2, -0.15) is 0 Å². The number of methoxy groups -OCH3 is 1. The summed E-state index contributed by atoms with van der Waals surface area (Å²) in [6.45, 7) is 0. The van der Waals surface area contributed by atoms with Gasteiger partial charge in [0.15, 0.2) is 0 Å². The largest absolute Gasteiger partial charge is 0.497 e. The summed E-state index contributed by atoms with van der Waals surface area (Å²) in [6, 6.07) is 10.8. The molecule has 4 heteroatoms. The topological polar surface area (TPSA) is 9.23 Å². The molecule has 1 nitrogen and oxygen atoms in total. The van der Waals surface area contributed by atoms with Gasteiger partial charge in [0.2, 0.25) is 0 Å². The van der Waals surface area contributed by atoms with Crippen molar-refractivity contribution in [2.45, 2.75) is 4.83 Å². The van der Waals surface area contributed by atoms with Gasteiger partial charge < -0.3 is 4.74 Å². The van der Waals surface area contributed by atoms with E-state index in [4.69, 9.17) is 4.74 Å². The summed E-state index contributed by atoms with van der Waals surface area (Å²) in [7, 11) is 1.57. The molecule has 0 bridgehead atoms. The van der Waals surface area contributed by atoms with Crippen LogP contribution in [0.25, 0.3) is 0 Å². The minimum atomic E-state index is -0.582. The number of halogens is 3. The highest BCUT2D eigenvalue weighted by Gasteiger charge is 2.15. The average Bonchev–Trinajstić information content (AvgIpc) is 2.38. The molecule has 0 aliphatic rings. The van der Waals surface area contributed by atoms with Crippen molar-refractivity contribution in [2.75, 3.05) is 7.11 Å². The molecule has 0 heterocycles. The molecule has 18 heavy (non-hydrogen) atoms. The fourth-order valence-electron chi connectivity index (χ4n) is 1.69. The van der Waals surface area contributed by atoms with E-state index in [0.29, 0.717) is 11.3 Å². The van der Waals surface area contributed by atoms with Crippen LogP contribution in [-0.2, 0) is 0 Å². The summed E-state index contributed by atoms with van der Waals surface area (Å²) in [6.07, 6.45) is 0. The van der Waals surface area contributed by atoms with Gasteiger partial charge in [-0.3, -0.25) is 0 Å². The van der Waals surface area contributed by atoms with Crippen LogP contribution in [0.2, 0.25) is 0 Å². The summed E-state index contributed by atoms with van der Waals surface area (Å²) < 4.78 is 31.6. The van der Waals surface area contributed by atoms with E-state index in [0.717, 1.165) is 11.6 Å². The molecule has 1 unspecified atom stereocenters. The zero-order valence-corrected chi connectivity index (χ0v) is 11.2. The van der Waals surface area contributed by atoms with Gasteiger partial charge in [0.1, 0.15) is 17.4 Å². The lowest BCUT2D eigenvalue weighted by Crippen LogP contribution is -1.97. The Kier molecular flexibility index (Phi) is 3.97. The molecule has 2 aromatic rings. The van der Waals surface area contributed by atoms with E-state index >= 15 is 0 Å². The Morgan fingerprint density at radius 1 is 1.11 bits per heavy atom. The van der Waals surface area contributed by atoms with Crippen molar-refractivity contribution in [3.05, 3.63) is 65.2 Å². The molecule has 94 valence electrons. The van der Waals surface area contributed by atoms with Gasteiger partial charge in [-0.25, -0.2) is 8.78 Å². The van der Waals surface area contributed by atoms with E-state index in [-0.39, 0.29) is 4.83 Å². The van der Waals surface area contributed by atoms with E-state index in [1.807, 2.05) is 24.3 Å². The highest BCUT2D eigenvalue weighted by Crippen LogP contribution is 2.34. The Hall–Kier alpha value is -1.42. The van der Waals surface area contributed by atoms with E-state index in [2.05, 4.69) is 15.9 Å². The number of rotatable bonds is 3. The first-order valence-electron chi connectivity index (χ1n) is 5.35. The Balaban J connectivity index is 2.37. The Bertz CT molecular complexity index is 557. The first-order chi connectivity index (χ1) is 8.61. The summed E-state index contributed by atoms with van der Waals surface area (Å²) in [5.41, 5.74) is 1.24. The van der Waals surface area contributed by atoms with Crippen molar-refractivity contribution in [1.82, 2.24) is 0 Å². The minimum absolute atomic E-state index is 0.340. The third kappa shape index (κ3) is 2.70. The monoisotopic (exact) mass is 312 g/mol. The Morgan fingerprint density at radius 3 is 2.56 bits per heavy atom. The van der Waals surface area contributed by atoms with Crippen LogP contribution in [-0.4, -0.2) is 7.11 Å². The van der Waals surface area contributed by atoms with Gasteiger partial charge in [0.25, 0.3) is 0 Å². The van der Waals surface area contributed by atoms with Crippen LogP contribution >= 0.6 is 15.9 Å². The van der Waals surface area contributed by atoms with Crippen LogP contribution in [0.15, 0.2) is 42.5 Å². The first-order valence-corrected chi connectivity index (χ1v) is 6.26. The maximum atomic E-state index is 13.7. The van der Waals surface area contributed by atoms with Crippen LogP contribution in [0, 0.1) is 11.6 Å². The standard InChI is InChI=1S/C14H11BrF2O/c1-18-11-4-2-3-9(7-11)14(15)12-6-5-10(16)8-13(12)17/h2-8,14H,1H3. The molecule has 0 fully saturated rings. The van der Waals surface area contributed by atoms with Crippen LogP contribution in [0.4, 0.5) is 8.78 Å². The summed E-state index contributed by atoms with van der Waals surface area (Å²) in [5.74, 6) is -0.458. The second-order valence-corrected chi connectivity index (χ2v) is 4.72. The SMILES string of the molecule is COc1cccc(C(Br)c2ccc(F)cc2F)c1. The molecule has 2 rings (SSSR count). The summed E-state index contributed by atoms with van der Waals surface area (Å²) in [4.78, 5) is -0.340. The molecule has 0 saturated carbocycles. The van der Waals surface area contributed by atoms with E-state index in [1.165, 1.54) is 12.1 Å². The molecule has 0 amide bonds. The maximum Gasteiger partial charge on any atom is 0.130 e. The van der Waals surface area contributed by atoms with Gasteiger partial charge >= 0.3 is 0 Å². The predicted molar refractivity (Wildman–Crippen MR) is 70.1 cm³/mol. The van der Waals surface area contributed by atoms with Crippen LogP contribution in [0.3, 0.4) is 0 Å². The highest BCUT2D eigenvalue weighted by molar-refractivity contribution is 9.09. The van der Waals surface area contributed by atoms with E-state index in [1.54, 1.807) is 7.11 Å². The number of alkyl halides is 1. The van der Waals surface area contributed by atoms with Gasteiger partial charge in [-0.1, -0.05) is 34.1 Å². The first kappa shape index (κ1) is 13.0. The maximum absolute atomic E-state index is 13.7. The van der Waals surface area contributed by atoms with Crippen LogP contribution in [0.1, 0.15) is 16.0 Å². The molecule has 2 aromatic carbocycles. The van der Waals surface area contributed by atoms with Gasteiger partial charge in [0, 0.05) is 11.6 Å². The lowest BCUT2D eigenvalue weighted by molar-refractivity contribution is 0.414. The minimum Gasteiger partial charge on any atom is -0.497 e. The quantitative estimate of drug-likeness (QED) is 0.760. The van der Waals surface area contributed by atoms with Gasteiger partial charge in [-0.05, 0) is 23.8 Å². The third-order valence-corrected chi connectivity index (χ3v) is 3.64. The summed E-state index contributed by atoms with van der Waals surface area (Å²) >= 11 is 3.41. The summed E-state index contributed by atoms with van der Waals surface area (Å²) in [5, 5.41) is 0. The molecule has 0 aliphatic heterocycles. The number of hydrogen-bond donors (Lipinski definition) is 0. The number of hydrogen-bond acceptors (Lipinski definition) is 1. The number of ether oxygens (including phenoxy) is 1. The molecule has 0 saturated heterocycles. The molecular formula is C14H11BrF2O. The Morgan fingerprint density at radius 2 is 1.89 bits per heavy atom. The molecule has 1 atom stereocenters. The van der Waals surface area contributed by atoms with E-state index < -0.39 is 11.6 Å². The second-order valence-electron chi connectivity index (χ2n) is 3.81. The van der Waals surface area contributed by atoms with Crippen molar-refractivity contribution in [3.8, 4) is 5.75 Å². The smallest absolute Gasteiger partial charge is 0.130 e. The Labute approximate surface area is 113 Å². The third-order valence-electron chi connectivity index (χ3n) is 2.62. The molecule has 0 aliphatic carbocycles. The van der Waals surface area contributed by atoms with E-state index in [9.17, 15) is 8.78 Å². The van der Waals surface area contributed by atoms with Crippen molar-refractivity contribution < 1.29 is 13.5 Å². The average molecular weight is 313 g/mol. The van der Waals surface area contributed by atoms with Crippen molar-refractivity contribution in [2.24, 2.45) is 0 Å². The lowest BCUT2D eigenvalue weighted by atomic mass is 10.0. The normalized spacial score (nSPS) is 12.2. The molecular weight excluding hydrogens is 302 g/mol. The predicted octanol–water partition coefficient (Wildman–Crippen LogP) is 4.46. The van der Waals surface area contributed by atoms with Crippen molar-refractivity contribution >= 4 is 15.9 Å². The lowest BCUT2D eigenvalue weighted by Gasteiger charge is -2.12. The fraction of sp³-hybridized carbons (Fsp3) is 0.143. The zero-order chi connectivity index (χ0) is 13.1. The van der Waals surface area contributed by atoms with Crippen LogP contribution in [0.5, 0.6) is 5.75 Å². The second kappa shape index (κ2) is 5.48.